The Labute approximate surface area is 175 Å². The molecular formula is C22H25F7O2. The van der Waals surface area contributed by atoms with Gasteiger partial charge in [0.05, 0.1) is 0 Å². The maximum atomic E-state index is 15.4. The van der Waals surface area contributed by atoms with Crippen molar-refractivity contribution in [2.75, 3.05) is 0 Å². The van der Waals surface area contributed by atoms with Crippen LogP contribution >= 0.6 is 0 Å². The Morgan fingerprint density at radius 1 is 0.968 bits per heavy atom. The average Bonchev–Trinajstić information content (AvgIpc) is 2.73. The van der Waals surface area contributed by atoms with Crippen molar-refractivity contribution in [3.63, 3.8) is 0 Å². The molecule has 174 valence electrons. The molecule has 0 saturated heterocycles. The number of fused-ring (bicyclic) bond motifs is 3. The summed E-state index contributed by atoms with van der Waals surface area (Å²) in [6, 6.07) is 1.16. The summed E-state index contributed by atoms with van der Waals surface area (Å²) in [5.74, 6) is -10.1. The molecule has 1 aromatic carbocycles. The molecule has 2 nitrogen and oxygen atoms in total. The molecule has 4 aliphatic rings. The van der Waals surface area contributed by atoms with E-state index in [4.69, 9.17) is 5.11 Å². The summed E-state index contributed by atoms with van der Waals surface area (Å²) < 4.78 is 108. The third-order valence-electron chi connectivity index (χ3n) is 8.14. The predicted octanol–water partition coefficient (Wildman–Crippen LogP) is 7.00. The third-order valence-corrected chi connectivity index (χ3v) is 8.14. The lowest BCUT2D eigenvalue weighted by Crippen LogP contribution is -2.71. The lowest BCUT2D eigenvalue weighted by molar-refractivity contribution is -0.370. The fourth-order valence-electron chi connectivity index (χ4n) is 6.10. The Morgan fingerprint density at radius 3 is 2.13 bits per heavy atom. The Morgan fingerprint density at radius 2 is 1.55 bits per heavy atom. The van der Waals surface area contributed by atoms with Crippen LogP contribution in [0.1, 0.15) is 58.3 Å². The van der Waals surface area contributed by atoms with E-state index in [1.165, 1.54) is 0 Å². The first-order valence-corrected chi connectivity index (χ1v) is 10.6. The highest BCUT2D eigenvalue weighted by Crippen LogP contribution is 2.72. The van der Waals surface area contributed by atoms with Crippen LogP contribution in [-0.4, -0.2) is 23.3 Å². The highest BCUT2D eigenvalue weighted by molar-refractivity contribution is 5.34. The van der Waals surface area contributed by atoms with Gasteiger partial charge in [-0.1, -0.05) is 19.8 Å². The molecular weight excluding hydrogens is 429 g/mol. The molecule has 0 aliphatic heterocycles. The summed E-state index contributed by atoms with van der Waals surface area (Å²) in [6.07, 6.45) is -6.78. The van der Waals surface area contributed by atoms with Gasteiger partial charge in [-0.2, -0.15) is 17.6 Å². The highest BCUT2D eigenvalue weighted by Gasteiger charge is 2.79. The van der Waals surface area contributed by atoms with Crippen molar-refractivity contribution >= 4 is 0 Å². The number of rotatable bonds is 4. The number of hydrogen-bond acceptors (Lipinski definition) is 2. The van der Waals surface area contributed by atoms with Crippen LogP contribution < -0.4 is 4.74 Å². The molecule has 31 heavy (non-hydrogen) atoms. The molecule has 5 rings (SSSR count). The predicted molar refractivity (Wildman–Crippen MR) is 97.9 cm³/mol. The van der Waals surface area contributed by atoms with Gasteiger partial charge >= 0.3 is 6.11 Å². The van der Waals surface area contributed by atoms with Crippen LogP contribution in [0.25, 0.3) is 0 Å². The molecule has 1 atom stereocenters. The number of phenols is 1. The largest absolute Gasteiger partial charge is 0.505 e. The first kappa shape index (κ1) is 22.5. The van der Waals surface area contributed by atoms with Gasteiger partial charge in [-0.05, 0) is 62.5 Å². The maximum absolute atomic E-state index is 15.4. The van der Waals surface area contributed by atoms with E-state index in [0.29, 0.717) is 30.9 Å². The van der Waals surface area contributed by atoms with E-state index in [1.54, 1.807) is 0 Å². The molecule has 0 aromatic heterocycles. The fraction of sp³-hybridized carbons (Fsp3) is 0.727. The van der Waals surface area contributed by atoms with Crippen molar-refractivity contribution < 1.29 is 40.6 Å². The van der Waals surface area contributed by atoms with E-state index in [0.717, 1.165) is 12.8 Å². The Hall–Kier alpha value is -1.67. The highest BCUT2D eigenvalue weighted by atomic mass is 19.3. The minimum Gasteiger partial charge on any atom is -0.505 e. The molecule has 1 aromatic rings. The van der Waals surface area contributed by atoms with Crippen LogP contribution in [0.3, 0.4) is 0 Å². The summed E-state index contributed by atoms with van der Waals surface area (Å²) in [7, 11) is 0. The van der Waals surface area contributed by atoms with Gasteiger partial charge in [0.15, 0.2) is 17.7 Å². The minimum atomic E-state index is -4.51. The van der Waals surface area contributed by atoms with Gasteiger partial charge in [-0.15, -0.1) is 0 Å². The molecule has 4 saturated carbocycles. The van der Waals surface area contributed by atoms with Crippen LogP contribution in [-0.2, 0) is 0 Å². The smallest absolute Gasteiger partial charge is 0.406 e. The molecule has 0 radical (unpaired) electrons. The van der Waals surface area contributed by atoms with Crippen LogP contribution in [0.4, 0.5) is 30.7 Å². The molecule has 0 spiro atoms. The average molecular weight is 454 g/mol. The first-order chi connectivity index (χ1) is 14.4. The van der Waals surface area contributed by atoms with E-state index in [1.807, 2.05) is 6.92 Å². The van der Waals surface area contributed by atoms with Gasteiger partial charge in [0.2, 0.25) is 11.6 Å². The van der Waals surface area contributed by atoms with E-state index >= 15 is 22.0 Å². The zero-order chi connectivity index (χ0) is 22.8. The summed E-state index contributed by atoms with van der Waals surface area (Å²) in [6.45, 7) is 2.03. The van der Waals surface area contributed by atoms with Crippen LogP contribution in [0.15, 0.2) is 12.1 Å². The SMILES string of the molecule is CC1CCC(C23CCC(C(F)(F)Oc4ccc(O)c(F)c4F)(CC2)C(F)C3(F)F)CC1. The Bertz CT molecular complexity index is 841. The van der Waals surface area contributed by atoms with E-state index < -0.39 is 70.9 Å². The number of alkyl halides is 5. The molecule has 9 heteroatoms. The van der Waals surface area contributed by atoms with Crippen molar-refractivity contribution in [3.05, 3.63) is 23.8 Å². The van der Waals surface area contributed by atoms with Gasteiger partial charge in [0.1, 0.15) is 5.41 Å². The molecule has 4 aliphatic carbocycles. The molecule has 2 bridgehead atoms. The normalized spacial score (nSPS) is 37.6. The first-order valence-electron chi connectivity index (χ1n) is 10.6. The van der Waals surface area contributed by atoms with Crippen LogP contribution in [0, 0.1) is 34.3 Å². The number of aromatic hydroxyl groups is 1. The van der Waals surface area contributed by atoms with Gasteiger partial charge in [0, 0.05) is 5.41 Å². The second-order valence-electron chi connectivity index (χ2n) is 9.58. The lowest BCUT2D eigenvalue weighted by Gasteiger charge is -2.62. The number of ether oxygens (including phenoxy) is 1. The molecule has 1 unspecified atom stereocenters. The molecule has 4 fully saturated rings. The van der Waals surface area contributed by atoms with E-state index in [2.05, 4.69) is 4.74 Å². The van der Waals surface area contributed by atoms with Crippen molar-refractivity contribution in [2.45, 2.75) is 76.5 Å². The molecule has 1 N–H and O–H groups in total. The van der Waals surface area contributed by atoms with Gasteiger partial charge in [0.25, 0.3) is 5.92 Å². The van der Waals surface area contributed by atoms with Crippen molar-refractivity contribution in [1.82, 2.24) is 0 Å². The van der Waals surface area contributed by atoms with Crippen molar-refractivity contribution in [1.29, 1.82) is 0 Å². The zero-order valence-corrected chi connectivity index (χ0v) is 17.0. The van der Waals surface area contributed by atoms with Crippen LogP contribution in [0.2, 0.25) is 0 Å². The molecule has 0 heterocycles. The number of hydrogen-bond donors (Lipinski definition) is 1. The maximum Gasteiger partial charge on any atom is 0.406 e. The third kappa shape index (κ3) is 3.04. The van der Waals surface area contributed by atoms with Gasteiger partial charge in [-0.3, -0.25) is 0 Å². The fourth-order valence-corrected chi connectivity index (χ4v) is 6.10. The van der Waals surface area contributed by atoms with Crippen LogP contribution in [0.5, 0.6) is 11.5 Å². The summed E-state index contributed by atoms with van der Waals surface area (Å²) >= 11 is 0. The topological polar surface area (TPSA) is 29.5 Å². The lowest BCUT2D eigenvalue weighted by atomic mass is 9.45. The van der Waals surface area contributed by atoms with E-state index in [-0.39, 0.29) is 12.8 Å². The quantitative estimate of drug-likeness (QED) is 0.497. The van der Waals surface area contributed by atoms with Gasteiger partial charge < -0.3 is 9.84 Å². The zero-order valence-electron chi connectivity index (χ0n) is 17.0. The number of benzene rings is 1. The summed E-state index contributed by atoms with van der Waals surface area (Å²) in [5.41, 5.74) is -4.51. The molecule has 0 amide bonds. The summed E-state index contributed by atoms with van der Waals surface area (Å²) in [4.78, 5) is 0. The minimum absolute atomic E-state index is 0.273. The monoisotopic (exact) mass is 454 g/mol. The van der Waals surface area contributed by atoms with Crippen molar-refractivity contribution in [3.8, 4) is 11.5 Å². The number of phenolic OH excluding ortho intramolecular Hbond substituents is 1. The Kier molecular flexibility index (Phi) is 5.21. The van der Waals surface area contributed by atoms with Gasteiger partial charge in [-0.25, -0.2) is 13.2 Å². The standard InChI is InChI=1S/C22H25F7O2/c1-12-2-4-13(5-3-12)19-8-10-20(11-9-19,18(25)21(19,26)27)22(28,29)31-15-7-6-14(30)16(23)17(15)24/h6-7,12-13,18,30H,2-5,8-11H2,1H3. The number of halogens is 7. The Balaban J connectivity index is 1.64. The second-order valence-corrected chi connectivity index (χ2v) is 9.58. The summed E-state index contributed by atoms with van der Waals surface area (Å²) in [5, 5.41) is 9.14. The second kappa shape index (κ2) is 7.17. The van der Waals surface area contributed by atoms with E-state index in [9.17, 15) is 8.78 Å². The van der Waals surface area contributed by atoms with Crippen molar-refractivity contribution in [2.24, 2.45) is 22.7 Å².